The third-order valence-corrected chi connectivity index (χ3v) is 4.20. The highest BCUT2D eigenvalue weighted by Gasteiger charge is 2.52. The number of rotatable bonds is 10. The molecule has 0 fully saturated rings. The predicted octanol–water partition coefficient (Wildman–Crippen LogP) is 0.167. The molecule has 1 amide bonds. The lowest BCUT2D eigenvalue weighted by Gasteiger charge is -2.43. The Bertz CT molecular complexity index is 778. The number of esters is 4. The summed E-state index contributed by atoms with van der Waals surface area (Å²) in [5.74, 6) is -5.65. The van der Waals surface area contributed by atoms with Gasteiger partial charge in [-0.25, -0.2) is 4.79 Å². The summed E-state index contributed by atoms with van der Waals surface area (Å²) < 4.78 is 32.1. The Hall–Kier alpha value is -2.99. The molecule has 0 bridgehead atoms. The molecule has 1 aliphatic heterocycles. The summed E-state index contributed by atoms with van der Waals surface area (Å²) in [6, 6.07) is -0.948. The Morgan fingerprint density at radius 2 is 1.61 bits per heavy atom. The van der Waals surface area contributed by atoms with Crippen molar-refractivity contribution in [3.63, 3.8) is 0 Å². The maximum Gasteiger partial charge on any atom is 0.371 e. The topological polar surface area (TPSA) is 153 Å². The lowest BCUT2D eigenvalue weighted by molar-refractivity contribution is -0.275. The maximum absolute atomic E-state index is 12.6. The first-order valence-corrected chi connectivity index (χ1v) is 10.2. The van der Waals surface area contributed by atoms with Crippen molar-refractivity contribution < 1.29 is 52.4 Å². The molecule has 0 aliphatic carbocycles. The van der Waals surface area contributed by atoms with Gasteiger partial charge < -0.3 is 33.7 Å². The molecule has 0 saturated carbocycles. The van der Waals surface area contributed by atoms with Gasteiger partial charge >= 0.3 is 23.9 Å². The van der Waals surface area contributed by atoms with Crippen molar-refractivity contribution in [2.75, 3.05) is 13.7 Å². The number of ether oxygens (including phenoxy) is 6. The number of hydrogen-bond acceptors (Lipinski definition) is 11. The molecule has 0 radical (unpaired) electrons. The zero-order chi connectivity index (χ0) is 25.3. The van der Waals surface area contributed by atoms with Gasteiger partial charge in [0.2, 0.25) is 5.91 Å². The van der Waals surface area contributed by atoms with E-state index in [1.807, 2.05) is 0 Å². The van der Waals surface area contributed by atoms with Crippen molar-refractivity contribution in [3.8, 4) is 0 Å². The first-order chi connectivity index (χ1) is 15.3. The molecule has 1 heterocycles. The number of carbonyl (C=O) groups is 5. The molecule has 186 valence electrons. The molecule has 0 aromatic carbocycles. The average Bonchev–Trinajstić information content (AvgIpc) is 2.68. The van der Waals surface area contributed by atoms with E-state index in [1.165, 1.54) is 19.1 Å². The Balaban J connectivity index is 3.57. The van der Waals surface area contributed by atoms with Crippen molar-refractivity contribution in [2.45, 2.75) is 77.8 Å². The predicted molar refractivity (Wildman–Crippen MR) is 110 cm³/mol. The van der Waals surface area contributed by atoms with E-state index in [1.54, 1.807) is 13.8 Å². The quantitative estimate of drug-likeness (QED) is 0.262. The summed E-state index contributed by atoms with van der Waals surface area (Å²) in [5.41, 5.74) is 0. The van der Waals surface area contributed by atoms with Gasteiger partial charge in [0, 0.05) is 27.7 Å². The summed E-state index contributed by atoms with van der Waals surface area (Å²) in [4.78, 5) is 59.5. The van der Waals surface area contributed by atoms with Gasteiger partial charge in [0.15, 0.2) is 12.2 Å². The van der Waals surface area contributed by atoms with E-state index in [2.05, 4.69) is 5.32 Å². The van der Waals surface area contributed by atoms with E-state index in [0.29, 0.717) is 0 Å². The van der Waals surface area contributed by atoms with Gasteiger partial charge in [0.05, 0.1) is 19.3 Å². The summed E-state index contributed by atoms with van der Waals surface area (Å²) in [7, 11) is 1.13. The van der Waals surface area contributed by atoms with Crippen LogP contribution in [0.2, 0.25) is 0 Å². The monoisotopic (exact) mass is 473 g/mol. The number of hydrogen-bond donors (Lipinski definition) is 1. The number of nitrogens with one attached hydrogen (secondary N) is 1. The molecule has 0 aromatic heterocycles. The third kappa shape index (κ3) is 8.46. The minimum absolute atomic E-state index is 0.459. The van der Waals surface area contributed by atoms with Crippen molar-refractivity contribution >= 4 is 29.8 Å². The molecule has 1 N–H and O–H groups in total. The zero-order valence-corrected chi connectivity index (χ0v) is 19.7. The molecular weight excluding hydrogens is 442 g/mol. The van der Waals surface area contributed by atoms with Crippen molar-refractivity contribution in [1.82, 2.24) is 5.32 Å². The minimum atomic E-state index is -2.05. The molecule has 5 atom stereocenters. The Labute approximate surface area is 191 Å². The zero-order valence-electron chi connectivity index (χ0n) is 19.7. The Kier molecular flexibility index (Phi) is 10.5. The third-order valence-electron chi connectivity index (χ3n) is 4.20. The normalized spacial score (nSPS) is 23.8. The molecule has 0 spiro atoms. The lowest BCUT2D eigenvalue weighted by Crippen LogP contribution is -2.62. The van der Waals surface area contributed by atoms with Crippen LogP contribution in [0.1, 0.15) is 41.5 Å². The maximum atomic E-state index is 12.6. The van der Waals surface area contributed by atoms with Crippen LogP contribution in [0, 0.1) is 0 Å². The van der Waals surface area contributed by atoms with Crippen LogP contribution >= 0.6 is 0 Å². The summed E-state index contributed by atoms with van der Waals surface area (Å²) in [6.45, 7) is 7.43. The fourth-order valence-electron chi connectivity index (χ4n) is 3.17. The van der Waals surface area contributed by atoms with Crippen LogP contribution in [0.25, 0.3) is 0 Å². The largest absolute Gasteiger partial charge is 0.465 e. The second-order valence-corrected chi connectivity index (χ2v) is 7.52. The second kappa shape index (κ2) is 12.3. The molecule has 1 aliphatic rings. The van der Waals surface area contributed by atoms with Gasteiger partial charge in [-0.15, -0.1) is 0 Å². The highest BCUT2D eigenvalue weighted by Crippen LogP contribution is 2.31. The van der Waals surface area contributed by atoms with Crippen LogP contribution < -0.4 is 5.32 Å². The van der Waals surface area contributed by atoms with Crippen LogP contribution in [0.3, 0.4) is 0 Å². The first kappa shape index (κ1) is 28.0. The van der Waals surface area contributed by atoms with Gasteiger partial charge in [0.1, 0.15) is 12.7 Å². The molecule has 1 rings (SSSR count). The number of amides is 1. The van der Waals surface area contributed by atoms with E-state index in [9.17, 15) is 24.0 Å². The van der Waals surface area contributed by atoms with Crippen molar-refractivity contribution in [2.24, 2.45) is 0 Å². The fourth-order valence-corrected chi connectivity index (χ4v) is 3.17. The van der Waals surface area contributed by atoms with Crippen LogP contribution in [-0.4, -0.2) is 79.7 Å². The first-order valence-electron chi connectivity index (χ1n) is 10.2. The summed E-state index contributed by atoms with van der Waals surface area (Å²) in [5, 5.41) is 2.61. The van der Waals surface area contributed by atoms with Crippen molar-refractivity contribution in [3.05, 3.63) is 12.2 Å². The molecule has 0 aromatic rings. The van der Waals surface area contributed by atoms with Gasteiger partial charge in [-0.1, -0.05) is 6.08 Å². The highest BCUT2D eigenvalue weighted by atomic mass is 16.7. The molecule has 12 nitrogen and oxygen atoms in total. The summed E-state index contributed by atoms with van der Waals surface area (Å²) >= 11 is 0. The van der Waals surface area contributed by atoms with Crippen LogP contribution in [-0.2, 0) is 52.4 Å². The molecule has 1 unspecified atom stereocenters. The van der Waals surface area contributed by atoms with E-state index < -0.39 is 72.6 Å². The Morgan fingerprint density at radius 1 is 1.00 bits per heavy atom. The van der Waals surface area contributed by atoms with E-state index in [0.717, 1.165) is 27.9 Å². The van der Waals surface area contributed by atoms with Crippen molar-refractivity contribution in [1.29, 1.82) is 0 Å². The fraction of sp³-hybridized carbons (Fsp3) is 0.667. The van der Waals surface area contributed by atoms with Crippen LogP contribution in [0.15, 0.2) is 12.2 Å². The lowest BCUT2D eigenvalue weighted by atomic mass is 9.95. The average molecular weight is 473 g/mol. The smallest absolute Gasteiger partial charge is 0.371 e. The van der Waals surface area contributed by atoms with Gasteiger partial charge in [-0.05, 0) is 19.9 Å². The summed E-state index contributed by atoms with van der Waals surface area (Å²) in [6.07, 6.45) is -1.90. The van der Waals surface area contributed by atoms with Gasteiger partial charge in [-0.3, -0.25) is 19.2 Å². The highest BCUT2D eigenvalue weighted by molar-refractivity contribution is 5.81. The Morgan fingerprint density at radius 3 is 2.06 bits per heavy atom. The van der Waals surface area contributed by atoms with E-state index in [-0.39, 0.29) is 0 Å². The second-order valence-electron chi connectivity index (χ2n) is 7.52. The number of methoxy groups -OCH3 is 1. The minimum Gasteiger partial charge on any atom is -0.465 e. The molecular formula is C21H31NO11. The van der Waals surface area contributed by atoms with Crippen LogP contribution in [0.4, 0.5) is 0 Å². The van der Waals surface area contributed by atoms with Gasteiger partial charge in [-0.2, -0.15) is 0 Å². The van der Waals surface area contributed by atoms with E-state index in [4.69, 9.17) is 28.4 Å². The van der Waals surface area contributed by atoms with E-state index >= 15 is 0 Å². The van der Waals surface area contributed by atoms with Crippen LogP contribution in [0.5, 0.6) is 0 Å². The molecule has 12 heteroatoms. The van der Waals surface area contributed by atoms with Gasteiger partial charge in [0.25, 0.3) is 5.79 Å². The standard InChI is InChI=1S/C21H31NO11/c1-11(2)32-21(20(27)28-7)9-8-16(22-12(3)23)18(33-21)19(31-15(6)26)17(30-14(5)25)10-29-13(4)24/h8-9,11,16-19H,10H2,1-7H3,(H,22,23)/t16-,17+,18?,19-,21+/m1/s1. The molecule has 0 saturated heterocycles. The SMILES string of the molecule is COC(=O)[C@]1(OC(C)C)C=C[C@@H](NC(C)=O)C([C@H](OC(C)=O)[C@H](COC(C)=O)OC(C)=O)O1. The molecule has 33 heavy (non-hydrogen) atoms. The number of carbonyl (C=O) groups excluding carboxylic acids is 5.